The molecule has 2 aliphatic heterocycles. The topological polar surface area (TPSA) is 63.8 Å². The zero-order valence-electron chi connectivity index (χ0n) is 33.4. The molecule has 3 heterocycles. The minimum Gasteiger partial charge on any atom is -0.309 e. The highest BCUT2D eigenvalue weighted by Gasteiger charge is 2.34. The second-order valence-corrected chi connectivity index (χ2v) is 17.5. The van der Waals surface area contributed by atoms with E-state index in [9.17, 15) is 8.42 Å². The van der Waals surface area contributed by atoms with E-state index in [1.165, 1.54) is 0 Å². The van der Waals surface area contributed by atoms with E-state index in [-0.39, 0.29) is 5.92 Å². The van der Waals surface area contributed by atoms with Gasteiger partial charge in [0.1, 0.15) is 0 Å². The summed E-state index contributed by atoms with van der Waals surface area (Å²) in [5, 5.41) is 2.26. The van der Waals surface area contributed by atoms with Crippen LogP contribution in [0, 0.1) is 5.92 Å². The molecule has 292 valence electrons. The van der Waals surface area contributed by atoms with Gasteiger partial charge < -0.3 is 4.57 Å². The summed E-state index contributed by atoms with van der Waals surface area (Å²) in [7, 11) is -3.85. The normalized spacial score (nSPS) is 15.4. The molecule has 11 rings (SSSR count). The molecule has 0 bridgehead atoms. The summed E-state index contributed by atoms with van der Waals surface area (Å²) in [6, 6.07) is 65.7. The third kappa shape index (κ3) is 6.26. The number of amidine groups is 1. The number of rotatable bonds is 7. The van der Waals surface area contributed by atoms with Crippen molar-refractivity contribution in [1.29, 1.82) is 0 Å². The maximum absolute atomic E-state index is 14.6. The third-order valence-electron chi connectivity index (χ3n) is 12.1. The second kappa shape index (κ2) is 14.7. The van der Waals surface area contributed by atoms with E-state index < -0.39 is 9.84 Å². The molecule has 0 radical (unpaired) electrons. The standard InChI is InChI=1S/C55H39N3O2S/c1-2-36-33-49(39-24-22-38(23-25-39)37-14-6-3-7-15-37)56-55(40-16-8-4-9-17-40)57-54(36)43-27-30-47-46-29-26-42(34-52(46)61(59,60)53(47)35-43)41-28-31-51-48(32-41)45-20-12-13-21-50(45)58(51)44-18-10-5-11-19-44/h3-36H,2H2,1H3. The average molecular weight is 806 g/mol. The largest absolute Gasteiger partial charge is 0.309 e. The van der Waals surface area contributed by atoms with Gasteiger partial charge in [0.05, 0.1) is 32.2 Å². The molecule has 0 saturated heterocycles. The van der Waals surface area contributed by atoms with Crippen molar-refractivity contribution >= 4 is 48.9 Å². The Morgan fingerprint density at radius 1 is 0.475 bits per heavy atom. The highest BCUT2D eigenvalue weighted by molar-refractivity contribution is 7.92. The van der Waals surface area contributed by atoms with Gasteiger partial charge in [-0.05, 0) is 88.3 Å². The van der Waals surface area contributed by atoms with E-state index >= 15 is 0 Å². The van der Waals surface area contributed by atoms with Gasteiger partial charge in [-0.25, -0.2) is 18.4 Å². The van der Waals surface area contributed by atoms with Gasteiger partial charge in [0, 0.05) is 39.1 Å². The van der Waals surface area contributed by atoms with Crippen molar-refractivity contribution in [3.8, 4) is 39.1 Å². The Morgan fingerprint density at radius 2 is 1.00 bits per heavy atom. The number of para-hydroxylation sites is 2. The van der Waals surface area contributed by atoms with E-state index in [1.807, 2.05) is 91.0 Å². The predicted octanol–water partition coefficient (Wildman–Crippen LogP) is 13.2. The number of nitrogens with zero attached hydrogens (tertiary/aromatic N) is 3. The molecule has 1 atom stereocenters. The van der Waals surface area contributed by atoms with Crippen molar-refractivity contribution in [1.82, 2.24) is 4.57 Å². The summed E-state index contributed by atoms with van der Waals surface area (Å²) in [4.78, 5) is 11.1. The lowest BCUT2D eigenvalue weighted by Gasteiger charge is -2.15. The maximum Gasteiger partial charge on any atom is 0.207 e. The fourth-order valence-corrected chi connectivity index (χ4v) is 10.7. The maximum atomic E-state index is 14.6. The minimum absolute atomic E-state index is 0.118. The average Bonchev–Trinajstić information content (AvgIpc) is 3.66. The van der Waals surface area contributed by atoms with Crippen LogP contribution in [0.5, 0.6) is 0 Å². The van der Waals surface area contributed by atoms with Crippen molar-refractivity contribution < 1.29 is 8.42 Å². The van der Waals surface area contributed by atoms with Gasteiger partial charge in [0.15, 0.2) is 5.84 Å². The molecule has 61 heavy (non-hydrogen) atoms. The van der Waals surface area contributed by atoms with Crippen LogP contribution < -0.4 is 0 Å². The molecular formula is C55H39N3O2S. The SMILES string of the molecule is CCC1C=C(c2ccc(-c3ccccc3)cc2)N=C(c2ccccc2)N=C1c1ccc2c(c1)S(=O)(=O)c1cc(-c3ccc4c(c3)c3ccccc3n4-c3ccccc3)ccc1-2. The van der Waals surface area contributed by atoms with Crippen LogP contribution in [0.15, 0.2) is 220 Å². The van der Waals surface area contributed by atoms with Gasteiger partial charge in [-0.3, -0.25) is 0 Å². The third-order valence-corrected chi connectivity index (χ3v) is 13.9. The molecule has 2 aliphatic rings. The van der Waals surface area contributed by atoms with Crippen molar-refractivity contribution in [2.24, 2.45) is 15.9 Å². The first kappa shape index (κ1) is 36.7. The van der Waals surface area contributed by atoms with Crippen LogP contribution in [0.2, 0.25) is 0 Å². The van der Waals surface area contributed by atoms with Crippen LogP contribution in [0.4, 0.5) is 0 Å². The number of allylic oxidation sites excluding steroid dienone is 1. The number of benzene rings is 8. The summed E-state index contributed by atoms with van der Waals surface area (Å²) in [5.74, 6) is 0.470. The molecule has 0 spiro atoms. The second-order valence-electron chi connectivity index (χ2n) is 15.7. The number of sulfone groups is 1. The summed E-state index contributed by atoms with van der Waals surface area (Å²) >= 11 is 0. The molecule has 0 saturated carbocycles. The first-order valence-electron chi connectivity index (χ1n) is 20.7. The number of aliphatic imine (C=N–C) groups is 2. The molecular weight excluding hydrogens is 767 g/mol. The van der Waals surface area contributed by atoms with E-state index in [0.717, 1.165) is 89.8 Å². The molecule has 0 N–H and O–H groups in total. The van der Waals surface area contributed by atoms with E-state index in [4.69, 9.17) is 9.98 Å². The Labute approximate surface area is 355 Å². The summed E-state index contributed by atoms with van der Waals surface area (Å²) in [6.45, 7) is 2.14. The quantitative estimate of drug-likeness (QED) is 0.161. The van der Waals surface area contributed by atoms with E-state index in [1.54, 1.807) is 0 Å². The Hall–Kier alpha value is -7.41. The van der Waals surface area contributed by atoms with Crippen molar-refractivity contribution in [3.05, 3.63) is 217 Å². The lowest BCUT2D eigenvalue weighted by atomic mass is 9.91. The van der Waals surface area contributed by atoms with Gasteiger partial charge >= 0.3 is 0 Å². The monoisotopic (exact) mass is 805 g/mol. The van der Waals surface area contributed by atoms with Gasteiger partial charge in [0.2, 0.25) is 9.84 Å². The van der Waals surface area contributed by atoms with Gasteiger partial charge in [-0.15, -0.1) is 0 Å². The first-order chi connectivity index (χ1) is 29.9. The van der Waals surface area contributed by atoms with Crippen LogP contribution in [0.25, 0.3) is 66.6 Å². The lowest BCUT2D eigenvalue weighted by molar-refractivity contribution is 0.598. The molecule has 1 aromatic heterocycles. The highest BCUT2D eigenvalue weighted by Crippen LogP contribution is 2.46. The molecule has 6 heteroatoms. The van der Waals surface area contributed by atoms with Gasteiger partial charge in [0.25, 0.3) is 0 Å². The molecule has 8 aromatic carbocycles. The smallest absolute Gasteiger partial charge is 0.207 e. The van der Waals surface area contributed by atoms with Gasteiger partial charge in [-0.1, -0.05) is 159 Å². The van der Waals surface area contributed by atoms with Crippen LogP contribution in [0.1, 0.15) is 30.0 Å². The van der Waals surface area contributed by atoms with Crippen LogP contribution in [0.3, 0.4) is 0 Å². The Morgan fingerprint density at radius 3 is 1.70 bits per heavy atom. The molecule has 5 nitrogen and oxygen atoms in total. The summed E-state index contributed by atoms with van der Waals surface area (Å²) in [5.41, 5.74) is 13.1. The van der Waals surface area contributed by atoms with E-state index in [2.05, 4.69) is 121 Å². The van der Waals surface area contributed by atoms with E-state index in [0.29, 0.717) is 21.2 Å². The Balaban J connectivity index is 0.971. The summed E-state index contributed by atoms with van der Waals surface area (Å²) in [6.07, 6.45) is 2.94. The Kier molecular flexibility index (Phi) is 8.83. The number of fused-ring (bicyclic) bond motifs is 6. The van der Waals surface area contributed by atoms with Crippen molar-refractivity contribution in [2.75, 3.05) is 0 Å². The molecule has 0 fully saturated rings. The highest BCUT2D eigenvalue weighted by atomic mass is 32.2. The fourth-order valence-electron chi connectivity index (χ4n) is 8.97. The fraction of sp³-hybridized carbons (Fsp3) is 0.0545. The van der Waals surface area contributed by atoms with Crippen LogP contribution in [-0.4, -0.2) is 24.5 Å². The number of hydrogen-bond donors (Lipinski definition) is 0. The predicted molar refractivity (Wildman–Crippen MR) is 250 cm³/mol. The molecule has 0 aliphatic carbocycles. The zero-order valence-corrected chi connectivity index (χ0v) is 34.2. The zero-order chi connectivity index (χ0) is 41.1. The number of hydrogen-bond acceptors (Lipinski definition) is 4. The summed E-state index contributed by atoms with van der Waals surface area (Å²) < 4.78 is 31.6. The lowest BCUT2D eigenvalue weighted by Crippen LogP contribution is -2.15. The molecule has 1 unspecified atom stereocenters. The van der Waals surface area contributed by atoms with Crippen LogP contribution >= 0.6 is 0 Å². The van der Waals surface area contributed by atoms with Gasteiger partial charge in [-0.2, -0.15) is 0 Å². The van der Waals surface area contributed by atoms with Crippen LogP contribution in [-0.2, 0) is 9.84 Å². The Bertz CT molecular complexity index is 3380. The number of aromatic nitrogens is 1. The van der Waals surface area contributed by atoms with Crippen molar-refractivity contribution in [3.63, 3.8) is 0 Å². The first-order valence-corrected chi connectivity index (χ1v) is 22.2. The van der Waals surface area contributed by atoms with Crippen molar-refractivity contribution in [2.45, 2.75) is 23.1 Å². The molecule has 0 amide bonds. The minimum atomic E-state index is -3.85. The molecule has 9 aromatic rings.